The Labute approximate surface area is 199 Å². The summed E-state index contributed by atoms with van der Waals surface area (Å²) in [6.45, 7) is 12.9. The van der Waals surface area contributed by atoms with Gasteiger partial charge in [0, 0.05) is 58.4 Å². The third-order valence-corrected chi connectivity index (χ3v) is 5.02. The summed E-state index contributed by atoms with van der Waals surface area (Å²) in [7, 11) is 3.55. The zero-order valence-corrected chi connectivity index (χ0v) is 21.2. The minimum Gasteiger partial charge on any atom is -0.357 e. The smallest absolute Gasteiger partial charge is 0.253 e. The second kappa shape index (κ2) is 13.6. The van der Waals surface area contributed by atoms with Crippen molar-refractivity contribution in [3.63, 3.8) is 0 Å². The van der Waals surface area contributed by atoms with Crippen molar-refractivity contribution in [1.29, 1.82) is 0 Å². The predicted molar refractivity (Wildman–Crippen MR) is 137 cm³/mol. The average Bonchev–Trinajstić information content (AvgIpc) is 2.69. The molecule has 0 aliphatic carbocycles. The van der Waals surface area contributed by atoms with Gasteiger partial charge in [0.05, 0.1) is 0 Å². The number of piperidine rings is 1. The number of likely N-dealkylation sites (tertiary alicyclic amines) is 1. The minimum atomic E-state index is 0. The maximum Gasteiger partial charge on any atom is 0.253 e. The molecule has 0 radical (unpaired) electrons. The minimum absolute atomic E-state index is 0. The summed E-state index contributed by atoms with van der Waals surface area (Å²) in [5, 5.41) is 6.95. The Kier molecular flexibility index (Phi) is 12.0. The van der Waals surface area contributed by atoms with Gasteiger partial charge in [-0.25, -0.2) is 0 Å². The first-order chi connectivity index (χ1) is 13.9. The lowest BCUT2D eigenvalue weighted by molar-refractivity contribution is 0.0827. The van der Waals surface area contributed by atoms with Crippen LogP contribution in [0.5, 0.6) is 0 Å². The van der Waals surface area contributed by atoms with Gasteiger partial charge in [0.15, 0.2) is 5.96 Å². The molecular weight excluding hydrogens is 489 g/mol. The third-order valence-electron chi connectivity index (χ3n) is 5.02. The van der Waals surface area contributed by atoms with Crippen LogP contribution in [0.4, 0.5) is 0 Å². The van der Waals surface area contributed by atoms with Gasteiger partial charge in [-0.15, -0.1) is 24.0 Å². The van der Waals surface area contributed by atoms with Gasteiger partial charge < -0.3 is 15.5 Å². The van der Waals surface area contributed by atoms with E-state index in [0.717, 1.165) is 62.5 Å². The number of guanidine groups is 1. The molecule has 0 bridgehead atoms. The van der Waals surface area contributed by atoms with Gasteiger partial charge in [0.25, 0.3) is 5.91 Å². The molecule has 0 aromatic heterocycles. The fourth-order valence-corrected chi connectivity index (χ4v) is 3.55. The van der Waals surface area contributed by atoms with Crippen LogP contribution in [0.1, 0.15) is 42.6 Å². The maximum absolute atomic E-state index is 12.1. The van der Waals surface area contributed by atoms with Crippen molar-refractivity contribution in [1.82, 2.24) is 20.4 Å². The van der Waals surface area contributed by atoms with Crippen LogP contribution < -0.4 is 10.6 Å². The molecule has 1 aliphatic rings. The topological polar surface area (TPSA) is 60.0 Å². The van der Waals surface area contributed by atoms with E-state index in [0.29, 0.717) is 12.6 Å². The molecule has 2 N–H and O–H groups in total. The number of halogens is 1. The molecule has 30 heavy (non-hydrogen) atoms. The van der Waals surface area contributed by atoms with Gasteiger partial charge in [-0.05, 0) is 50.8 Å². The van der Waals surface area contributed by atoms with E-state index in [1.165, 1.54) is 5.57 Å². The monoisotopic (exact) mass is 527 g/mol. The van der Waals surface area contributed by atoms with Crippen LogP contribution in [0, 0.1) is 0 Å². The highest BCUT2D eigenvalue weighted by atomic mass is 127. The highest BCUT2D eigenvalue weighted by Gasteiger charge is 2.19. The lowest BCUT2D eigenvalue weighted by Gasteiger charge is -2.33. The molecule has 0 spiro atoms. The number of aliphatic imine (C=N–C) groups is 1. The lowest BCUT2D eigenvalue weighted by Crippen LogP contribution is -2.48. The van der Waals surface area contributed by atoms with Crippen LogP contribution in [-0.4, -0.2) is 74.5 Å². The summed E-state index contributed by atoms with van der Waals surface area (Å²) in [4.78, 5) is 21.0. The fraction of sp³-hybridized carbons (Fsp3) is 0.565. The number of nitrogens with zero attached hydrogens (tertiary/aromatic N) is 3. The normalized spacial score (nSPS) is 15.3. The SMILES string of the molecule is C=C(C)CN1CCC(NC(=NCCc2cccc(C(=O)N(C)C)c2)NCC)CC1.I. The van der Waals surface area contributed by atoms with E-state index in [-0.39, 0.29) is 29.9 Å². The van der Waals surface area contributed by atoms with Crippen molar-refractivity contribution in [3.05, 3.63) is 47.5 Å². The van der Waals surface area contributed by atoms with E-state index < -0.39 is 0 Å². The molecule has 1 amide bonds. The van der Waals surface area contributed by atoms with Gasteiger partial charge >= 0.3 is 0 Å². The van der Waals surface area contributed by atoms with Crippen LogP contribution in [0.2, 0.25) is 0 Å². The van der Waals surface area contributed by atoms with E-state index >= 15 is 0 Å². The summed E-state index contributed by atoms with van der Waals surface area (Å²) < 4.78 is 0. The molecule has 1 fully saturated rings. The number of rotatable bonds is 8. The van der Waals surface area contributed by atoms with Gasteiger partial charge in [0.1, 0.15) is 0 Å². The van der Waals surface area contributed by atoms with E-state index in [1.807, 2.05) is 18.2 Å². The van der Waals surface area contributed by atoms with Crippen molar-refractivity contribution in [3.8, 4) is 0 Å². The molecule has 168 valence electrons. The number of carbonyl (C=O) groups is 1. The van der Waals surface area contributed by atoms with Crippen molar-refractivity contribution in [2.45, 2.75) is 39.2 Å². The van der Waals surface area contributed by atoms with Gasteiger partial charge in [0.2, 0.25) is 0 Å². The van der Waals surface area contributed by atoms with Crippen LogP contribution in [0.15, 0.2) is 41.4 Å². The Morgan fingerprint density at radius 2 is 2.00 bits per heavy atom. The molecule has 0 atom stereocenters. The van der Waals surface area contributed by atoms with E-state index in [2.05, 4.69) is 42.0 Å². The Morgan fingerprint density at radius 1 is 1.30 bits per heavy atom. The zero-order valence-electron chi connectivity index (χ0n) is 18.9. The molecule has 1 aliphatic heterocycles. The first-order valence-electron chi connectivity index (χ1n) is 10.6. The summed E-state index contributed by atoms with van der Waals surface area (Å²) in [6, 6.07) is 8.28. The molecule has 0 unspecified atom stereocenters. The highest BCUT2D eigenvalue weighted by Crippen LogP contribution is 2.12. The van der Waals surface area contributed by atoms with Crippen LogP contribution in [0.25, 0.3) is 0 Å². The molecule has 1 aromatic carbocycles. The molecule has 1 aromatic rings. The van der Waals surface area contributed by atoms with Crippen molar-refractivity contribution in [2.24, 2.45) is 4.99 Å². The molecule has 7 heteroatoms. The molecular formula is C23H38IN5O. The predicted octanol–water partition coefficient (Wildman–Crippen LogP) is 3.14. The fourth-order valence-electron chi connectivity index (χ4n) is 3.55. The Hall–Kier alpha value is -1.61. The first-order valence-corrected chi connectivity index (χ1v) is 10.6. The summed E-state index contributed by atoms with van der Waals surface area (Å²) >= 11 is 0. The standard InChI is InChI=1S/C23H37N5O.HI/c1-6-24-23(26-21-11-14-28(15-12-21)17-18(2)3)25-13-10-19-8-7-9-20(16-19)22(29)27(4)5;/h7-9,16,21H,2,6,10-15,17H2,1,3-5H3,(H2,24,25,26);1H. The molecule has 1 heterocycles. The number of hydrogen-bond donors (Lipinski definition) is 2. The number of benzene rings is 1. The summed E-state index contributed by atoms with van der Waals surface area (Å²) in [5.41, 5.74) is 3.08. The van der Waals surface area contributed by atoms with Gasteiger partial charge in [-0.1, -0.05) is 24.3 Å². The average molecular weight is 527 g/mol. The lowest BCUT2D eigenvalue weighted by atomic mass is 10.0. The van der Waals surface area contributed by atoms with Crippen molar-refractivity contribution < 1.29 is 4.79 Å². The number of amides is 1. The van der Waals surface area contributed by atoms with Crippen LogP contribution in [-0.2, 0) is 6.42 Å². The van der Waals surface area contributed by atoms with Gasteiger partial charge in [-0.2, -0.15) is 0 Å². The molecule has 1 saturated heterocycles. The Bertz CT molecular complexity index is 711. The van der Waals surface area contributed by atoms with Crippen molar-refractivity contribution >= 4 is 35.8 Å². The second-order valence-corrected chi connectivity index (χ2v) is 8.06. The third kappa shape index (κ3) is 9.04. The van der Waals surface area contributed by atoms with E-state index in [1.54, 1.807) is 19.0 Å². The summed E-state index contributed by atoms with van der Waals surface area (Å²) in [6.07, 6.45) is 3.04. The number of nitrogens with one attached hydrogen (secondary N) is 2. The largest absolute Gasteiger partial charge is 0.357 e. The number of hydrogen-bond acceptors (Lipinski definition) is 3. The zero-order chi connectivity index (χ0) is 21.2. The van der Waals surface area contributed by atoms with E-state index in [9.17, 15) is 4.79 Å². The van der Waals surface area contributed by atoms with Crippen LogP contribution in [0.3, 0.4) is 0 Å². The maximum atomic E-state index is 12.1. The Balaban J connectivity index is 0.00000450. The number of carbonyl (C=O) groups excluding carboxylic acids is 1. The molecule has 2 rings (SSSR count). The second-order valence-electron chi connectivity index (χ2n) is 8.06. The van der Waals surface area contributed by atoms with Gasteiger partial charge in [-0.3, -0.25) is 14.7 Å². The quantitative estimate of drug-likeness (QED) is 0.236. The Morgan fingerprint density at radius 3 is 2.60 bits per heavy atom. The van der Waals surface area contributed by atoms with Crippen LogP contribution >= 0.6 is 24.0 Å². The molecule has 0 saturated carbocycles. The van der Waals surface area contributed by atoms with E-state index in [4.69, 9.17) is 4.99 Å². The molecule has 6 nitrogen and oxygen atoms in total. The van der Waals surface area contributed by atoms with Crippen molar-refractivity contribution in [2.75, 3.05) is 46.8 Å². The summed E-state index contributed by atoms with van der Waals surface area (Å²) in [5.74, 6) is 0.912. The first kappa shape index (κ1) is 26.4. The highest BCUT2D eigenvalue weighted by molar-refractivity contribution is 14.0.